The Balaban J connectivity index is 1.99. The largest absolute Gasteiger partial charge is 0.360 e. The number of rotatable bonds is 2. The molecular weight excluding hydrogens is 276 g/mol. The number of carbonyl (C=O) groups excluding carboxylic acids is 2. The zero-order valence-electron chi connectivity index (χ0n) is 11.6. The fourth-order valence-corrected chi connectivity index (χ4v) is 2.83. The molecule has 0 unspecified atom stereocenters. The highest BCUT2D eigenvalue weighted by Gasteiger charge is 2.27. The fourth-order valence-electron chi connectivity index (χ4n) is 2.83. The molecule has 2 heterocycles. The van der Waals surface area contributed by atoms with E-state index in [-0.39, 0.29) is 11.8 Å². The zero-order valence-corrected chi connectivity index (χ0v) is 11.6. The third-order valence-corrected chi connectivity index (χ3v) is 3.82. The number of carbonyl (C=O) groups is 2. The van der Waals surface area contributed by atoms with E-state index in [4.69, 9.17) is 0 Å². The summed E-state index contributed by atoms with van der Waals surface area (Å²) in [7, 11) is 0. The van der Waals surface area contributed by atoms with Gasteiger partial charge in [-0.3, -0.25) is 9.59 Å². The highest BCUT2D eigenvalue weighted by molar-refractivity contribution is 6.30. The van der Waals surface area contributed by atoms with Crippen molar-refractivity contribution < 1.29 is 9.59 Å². The first kappa shape index (κ1) is 12.6. The van der Waals surface area contributed by atoms with Gasteiger partial charge in [0.05, 0.1) is 5.69 Å². The molecule has 0 radical (unpaired) electrons. The maximum absolute atomic E-state index is 12.0. The van der Waals surface area contributed by atoms with E-state index in [2.05, 4.69) is 4.98 Å². The molecule has 4 heteroatoms. The Hall–Kier alpha value is -3.14. The van der Waals surface area contributed by atoms with Crippen LogP contribution in [0.5, 0.6) is 0 Å². The standard InChI is InChI=1S/C18H12N2O2/c21-16-9-10-17(22)20(16)15-8-4-7-14-18(15)13(11-19-14)12-5-2-1-3-6-12/h1-11,19H. The first-order chi connectivity index (χ1) is 10.8. The number of aromatic nitrogens is 1. The summed E-state index contributed by atoms with van der Waals surface area (Å²) in [6.45, 7) is 0. The lowest BCUT2D eigenvalue weighted by atomic mass is 10.0. The van der Waals surface area contributed by atoms with Crippen LogP contribution >= 0.6 is 0 Å². The summed E-state index contributed by atoms with van der Waals surface area (Å²) >= 11 is 0. The minimum Gasteiger partial charge on any atom is -0.360 e. The van der Waals surface area contributed by atoms with Crippen molar-refractivity contribution in [2.75, 3.05) is 4.90 Å². The van der Waals surface area contributed by atoms with Gasteiger partial charge in [0.25, 0.3) is 11.8 Å². The van der Waals surface area contributed by atoms with Crippen molar-refractivity contribution in [1.29, 1.82) is 0 Å². The lowest BCUT2D eigenvalue weighted by molar-refractivity contribution is -0.119. The monoisotopic (exact) mass is 288 g/mol. The lowest BCUT2D eigenvalue weighted by Gasteiger charge is -2.16. The molecule has 0 fully saturated rings. The number of nitrogens with zero attached hydrogens (tertiary/aromatic N) is 1. The van der Waals surface area contributed by atoms with Gasteiger partial charge in [0, 0.05) is 34.8 Å². The summed E-state index contributed by atoms with van der Waals surface area (Å²) in [6.07, 6.45) is 4.51. The van der Waals surface area contributed by atoms with Gasteiger partial charge in [-0.2, -0.15) is 0 Å². The van der Waals surface area contributed by atoms with Crippen molar-refractivity contribution in [2.45, 2.75) is 0 Å². The van der Waals surface area contributed by atoms with Crippen LogP contribution in [-0.2, 0) is 9.59 Å². The average molecular weight is 288 g/mol. The molecule has 106 valence electrons. The van der Waals surface area contributed by atoms with E-state index >= 15 is 0 Å². The van der Waals surface area contributed by atoms with Crippen molar-refractivity contribution >= 4 is 28.4 Å². The summed E-state index contributed by atoms with van der Waals surface area (Å²) < 4.78 is 0. The highest BCUT2D eigenvalue weighted by Crippen LogP contribution is 2.36. The van der Waals surface area contributed by atoms with Crippen LogP contribution in [0.3, 0.4) is 0 Å². The van der Waals surface area contributed by atoms with Gasteiger partial charge in [-0.15, -0.1) is 0 Å². The second-order valence-electron chi connectivity index (χ2n) is 5.11. The number of imide groups is 1. The molecule has 0 bridgehead atoms. The summed E-state index contributed by atoms with van der Waals surface area (Å²) in [5, 5.41) is 0.874. The molecule has 3 aromatic rings. The first-order valence-electron chi connectivity index (χ1n) is 6.97. The minimum atomic E-state index is -0.308. The Morgan fingerprint density at radius 1 is 0.818 bits per heavy atom. The number of H-pyrrole nitrogens is 1. The molecule has 2 aromatic carbocycles. The van der Waals surface area contributed by atoms with Gasteiger partial charge in [-0.1, -0.05) is 36.4 Å². The van der Waals surface area contributed by atoms with Crippen LogP contribution in [0.25, 0.3) is 22.0 Å². The molecule has 1 aliphatic rings. The molecule has 4 nitrogen and oxygen atoms in total. The third-order valence-electron chi connectivity index (χ3n) is 3.82. The predicted molar refractivity (Wildman–Crippen MR) is 85.4 cm³/mol. The Morgan fingerprint density at radius 2 is 1.55 bits per heavy atom. The SMILES string of the molecule is O=C1C=CC(=O)N1c1cccc2[nH]cc(-c3ccccc3)c12. The summed E-state index contributed by atoms with van der Waals surface area (Å²) in [6, 6.07) is 15.5. The van der Waals surface area contributed by atoms with Crippen molar-refractivity contribution in [3.8, 4) is 11.1 Å². The van der Waals surface area contributed by atoms with Gasteiger partial charge in [-0.25, -0.2) is 4.90 Å². The van der Waals surface area contributed by atoms with Crippen molar-refractivity contribution in [2.24, 2.45) is 0 Å². The van der Waals surface area contributed by atoms with Gasteiger partial charge in [-0.05, 0) is 17.7 Å². The molecule has 0 aliphatic carbocycles. The van der Waals surface area contributed by atoms with Gasteiger partial charge >= 0.3 is 0 Å². The molecule has 1 aromatic heterocycles. The normalized spacial score (nSPS) is 14.3. The number of benzene rings is 2. The van der Waals surface area contributed by atoms with Gasteiger partial charge in [0.1, 0.15) is 0 Å². The number of hydrogen-bond donors (Lipinski definition) is 1. The Kier molecular flexibility index (Phi) is 2.69. The molecule has 1 N–H and O–H groups in total. The van der Waals surface area contributed by atoms with Crippen molar-refractivity contribution in [1.82, 2.24) is 4.98 Å². The Bertz CT molecular complexity index is 905. The van der Waals surface area contributed by atoms with E-state index < -0.39 is 0 Å². The number of anilines is 1. The molecular formula is C18H12N2O2. The van der Waals surface area contributed by atoms with Crippen LogP contribution in [0.1, 0.15) is 0 Å². The van der Waals surface area contributed by atoms with Crippen LogP contribution in [0.2, 0.25) is 0 Å². The summed E-state index contributed by atoms with van der Waals surface area (Å²) in [4.78, 5) is 28.4. The van der Waals surface area contributed by atoms with Crippen LogP contribution in [0.15, 0.2) is 66.9 Å². The number of fused-ring (bicyclic) bond motifs is 1. The number of hydrogen-bond acceptors (Lipinski definition) is 2. The molecule has 0 saturated carbocycles. The van der Waals surface area contributed by atoms with Gasteiger partial charge < -0.3 is 4.98 Å². The van der Waals surface area contributed by atoms with E-state index in [0.29, 0.717) is 5.69 Å². The Morgan fingerprint density at radius 3 is 2.27 bits per heavy atom. The zero-order chi connectivity index (χ0) is 15.1. The quantitative estimate of drug-likeness (QED) is 0.736. The maximum atomic E-state index is 12.0. The van der Waals surface area contributed by atoms with E-state index in [1.807, 2.05) is 48.7 Å². The average Bonchev–Trinajstić information content (AvgIpc) is 3.12. The highest BCUT2D eigenvalue weighted by atomic mass is 16.2. The van der Waals surface area contributed by atoms with Crippen molar-refractivity contribution in [3.05, 3.63) is 66.9 Å². The molecule has 2 amide bonds. The van der Waals surface area contributed by atoms with Gasteiger partial charge in [0.15, 0.2) is 0 Å². The molecule has 0 saturated heterocycles. The number of amides is 2. The lowest BCUT2D eigenvalue weighted by Crippen LogP contribution is -2.29. The first-order valence-corrected chi connectivity index (χ1v) is 6.97. The summed E-state index contributed by atoms with van der Waals surface area (Å²) in [5.41, 5.74) is 3.51. The molecule has 4 rings (SSSR count). The van der Waals surface area contributed by atoms with Gasteiger partial charge in [0.2, 0.25) is 0 Å². The maximum Gasteiger partial charge on any atom is 0.258 e. The minimum absolute atomic E-state index is 0.308. The second kappa shape index (κ2) is 4.70. The van der Waals surface area contributed by atoms with Crippen LogP contribution in [0.4, 0.5) is 5.69 Å². The van der Waals surface area contributed by atoms with Crippen LogP contribution in [-0.4, -0.2) is 16.8 Å². The van der Waals surface area contributed by atoms with Crippen LogP contribution < -0.4 is 4.90 Å². The summed E-state index contributed by atoms with van der Waals surface area (Å²) in [5.74, 6) is -0.615. The van der Waals surface area contributed by atoms with Crippen LogP contribution in [0, 0.1) is 0 Å². The van der Waals surface area contributed by atoms with E-state index in [0.717, 1.165) is 22.0 Å². The molecule has 0 spiro atoms. The number of aromatic amines is 1. The van der Waals surface area contributed by atoms with E-state index in [9.17, 15) is 9.59 Å². The number of nitrogens with one attached hydrogen (secondary N) is 1. The molecule has 22 heavy (non-hydrogen) atoms. The van der Waals surface area contributed by atoms with E-state index in [1.165, 1.54) is 17.1 Å². The third kappa shape index (κ3) is 1.78. The molecule has 0 atom stereocenters. The van der Waals surface area contributed by atoms with E-state index in [1.54, 1.807) is 6.07 Å². The fraction of sp³-hybridized carbons (Fsp3) is 0. The van der Waals surface area contributed by atoms with Crippen molar-refractivity contribution in [3.63, 3.8) is 0 Å². The smallest absolute Gasteiger partial charge is 0.258 e. The topological polar surface area (TPSA) is 53.2 Å². The predicted octanol–water partition coefficient (Wildman–Crippen LogP) is 3.26. The second-order valence-corrected chi connectivity index (χ2v) is 5.11. The molecule has 1 aliphatic heterocycles. The Labute approximate surface area is 126 Å².